The zero-order valence-corrected chi connectivity index (χ0v) is 20.7. The maximum Gasteiger partial charge on any atom is 0.336 e. The van der Waals surface area contributed by atoms with Crippen molar-refractivity contribution < 1.29 is 9.15 Å². The minimum absolute atomic E-state index is 0.358. The molecule has 0 saturated carbocycles. The first-order valence-corrected chi connectivity index (χ1v) is 13.1. The van der Waals surface area contributed by atoms with Gasteiger partial charge in [0.15, 0.2) is 0 Å². The summed E-state index contributed by atoms with van der Waals surface area (Å²) in [5.74, 6) is 1.84. The van der Waals surface area contributed by atoms with Gasteiger partial charge in [-0.1, -0.05) is 42.5 Å². The Morgan fingerprint density at radius 2 is 1.69 bits per heavy atom. The number of nitrogens with zero attached hydrogens (tertiary/aromatic N) is 3. The fourth-order valence-corrected chi connectivity index (χ4v) is 5.65. The van der Waals surface area contributed by atoms with Crippen LogP contribution in [0, 0.1) is 0 Å². The zero-order chi connectivity index (χ0) is 24.3. The van der Waals surface area contributed by atoms with Crippen molar-refractivity contribution in [3.8, 4) is 16.9 Å². The molecule has 0 radical (unpaired) electrons. The van der Waals surface area contributed by atoms with Gasteiger partial charge in [0.1, 0.15) is 17.2 Å². The predicted molar refractivity (Wildman–Crippen MR) is 146 cm³/mol. The van der Waals surface area contributed by atoms with Crippen molar-refractivity contribution in [1.29, 1.82) is 0 Å². The third kappa shape index (κ3) is 4.72. The highest BCUT2D eigenvalue weighted by Gasteiger charge is 2.20. The molecule has 182 valence electrons. The fourth-order valence-electron chi connectivity index (χ4n) is 4.85. The summed E-state index contributed by atoms with van der Waals surface area (Å²) in [7, 11) is 0. The molecule has 1 aliphatic rings. The van der Waals surface area contributed by atoms with E-state index in [1.165, 1.54) is 10.1 Å². The summed E-state index contributed by atoms with van der Waals surface area (Å²) in [6.45, 7) is 5.63. The number of hydrogen-bond acceptors (Lipinski definition) is 7. The van der Waals surface area contributed by atoms with Crippen molar-refractivity contribution in [2.24, 2.45) is 0 Å². The van der Waals surface area contributed by atoms with E-state index in [2.05, 4.69) is 34.1 Å². The Labute approximate surface area is 213 Å². The molecule has 6 rings (SSSR count). The van der Waals surface area contributed by atoms with E-state index >= 15 is 0 Å². The molecule has 6 nitrogen and oxygen atoms in total. The molecule has 0 N–H and O–H groups in total. The molecular formula is C29H27N3O3S. The minimum atomic E-state index is -0.358. The number of rotatable bonds is 7. The molecular weight excluding hydrogens is 470 g/mol. The average Bonchev–Trinajstić information content (AvgIpc) is 3.35. The molecule has 0 bridgehead atoms. The van der Waals surface area contributed by atoms with E-state index in [4.69, 9.17) is 13.5 Å². The topological polar surface area (TPSA) is 58.8 Å². The summed E-state index contributed by atoms with van der Waals surface area (Å²) >= 11 is 1.58. The summed E-state index contributed by atoms with van der Waals surface area (Å²) < 4.78 is 17.4. The molecule has 36 heavy (non-hydrogen) atoms. The molecule has 0 atom stereocenters. The van der Waals surface area contributed by atoms with E-state index < -0.39 is 0 Å². The first-order chi connectivity index (χ1) is 17.7. The molecule has 0 unspecified atom stereocenters. The lowest BCUT2D eigenvalue weighted by atomic mass is 10.0. The van der Waals surface area contributed by atoms with Gasteiger partial charge in [-0.15, -0.1) is 0 Å². The second kappa shape index (κ2) is 10.1. The van der Waals surface area contributed by atoms with Gasteiger partial charge in [-0.2, -0.15) is 4.37 Å². The number of piperazine rings is 1. The van der Waals surface area contributed by atoms with Crippen LogP contribution in [0.5, 0.6) is 5.75 Å². The van der Waals surface area contributed by atoms with E-state index in [9.17, 15) is 4.79 Å². The summed E-state index contributed by atoms with van der Waals surface area (Å²) in [6.07, 6.45) is 0.936. The van der Waals surface area contributed by atoms with Gasteiger partial charge in [-0.3, -0.25) is 4.90 Å². The van der Waals surface area contributed by atoms with Crippen LogP contribution >= 0.6 is 11.5 Å². The first-order valence-electron chi connectivity index (χ1n) is 12.3. The molecule has 5 aromatic rings. The Hall–Kier alpha value is -3.68. The van der Waals surface area contributed by atoms with Crippen molar-refractivity contribution in [1.82, 2.24) is 9.27 Å². The smallest absolute Gasteiger partial charge is 0.336 e. The Morgan fingerprint density at radius 1 is 0.889 bits per heavy atom. The quantitative estimate of drug-likeness (QED) is 0.214. The van der Waals surface area contributed by atoms with Crippen molar-refractivity contribution in [3.05, 3.63) is 89.3 Å². The highest BCUT2D eigenvalue weighted by atomic mass is 32.1. The summed E-state index contributed by atoms with van der Waals surface area (Å²) in [4.78, 5) is 17.1. The van der Waals surface area contributed by atoms with Crippen molar-refractivity contribution in [2.75, 3.05) is 44.2 Å². The van der Waals surface area contributed by atoms with E-state index in [-0.39, 0.29) is 5.63 Å². The number of anilines is 1. The Morgan fingerprint density at radius 3 is 2.56 bits per heavy atom. The standard InChI is InChI=1S/C29H27N3O3S/c33-28-20-25(21-7-2-1-3-8-21)23-12-11-22(19-26(23)35-28)34-18-6-13-31-14-16-32(17-15-31)29-24-9-4-5-10-27(24)36-30-29/h1-5,7-12,19-20H,6,13-18H2. The normalized spacial score (nSPS) is 14.5. The summed E-state index contributed by atoms with van der Waals surface area (Å²) in [6, 6.07) is 25.6. The van der Waals surface area contributed by atoms with Crippen LogP contribution in [0.1, 0.15) is 6.42 Å². The molecule has 0 aliphatic carbocycles. The lowest BCUT2D eigenvalue weighted by Crippen LogP contribution is -2.47. The van der Waals surface area contributed by atoms with Gasteiger partial charge in [0.2, 0.25) is 0 Å². The number of hydrogen-bond donors (Lipinski definition) is 0. The first kappa shape index (κ1) is 22.8. The van der Waals surface area contributed by atoms with Crippen LogP contribution in [0.4, 0.5) is 5.82 Å². The van der Waals surface area contributed by atoms with E-state index in [1.54, 1.807) is 17.6 Å². The molecule has 3 aromatic carbocycles. The Balaban J connectivity index is 1.03. The van der Waals surface area contributed by atoms with Gasteiger partial charge in [-0.25, -0.2) is 4.79 Å². The fraction of sp³-hybridized carbons (Fsp3) is 0.241. The zero-order valence-electron chi connectivity index (χ0n) is 19.9. The largest absolute Gasteiger partial charge is 0.493 e. The number of ether oxygens (including phenoxy) is 1. The molecule has 0 amide bonds. The van der Waals surface area contributed by atoms with Crippen LogP contribution in [0.3, 0.4) is 0 Å². The predicted octanol–water partition coefficient (Wildman–Crippen LogP) is 5.66. The Kier molecular flexibility index (Phi) is 6.40. The number of fused-ring (bicyclic) bond motifs is 2. The lowest BCUT2D eigenvalue weighted by molar-refractivity contribution is 0.224. The van der Waals surface area contributed by atoms with Crippen LogP contribution in [-0.4, -0.2) is 48.6 Å². The summed E-state index contributed by atoms with van der Waals surface area (Å²) in [5.41, 5.74) is 2.05. The SMILES string of the molecule is O=c1cc(-c2ccccc2)c2ccc(OCCCN3CCN(c4nsc5ccccc45)CC3)cc2o1. The second-order valence-electron chi connectivity index (χ2n) is 9.04. The molecule has 2 aromatic heterocycles. The van der Waals surface area contributed by atoms with E-state index in [1.807, 2.05) is 48.5 Å². The monoisotopic (exact) mass is 497 g/mol. The van der Waals surface area contributed by atoms with Crippen LogP contribution in [0.2, 0.25) is 0 Å². The summed E-state index contributed by atoms with van der Waals surface area (Å²) in [5, 5.41) is 2.16. The molecule has 1 fully saturated rings. The molecule has 0 spiro atoms. The minimum Gasteiger partial charge on any atom is -0.493 e. The van der Waals surface area contributed by atoms with Crippen molar-refractivity contribution in [3.63, 3.8) is 0 Å². The third-order valence-corrected chi connectivity index (χ3v) is 7.54. The maximum atomic E-state index is 12.2. The lowest BCUT2D eigenvalue weighted by Gasteiger charge is -2.35. The molecule has 3 heterocycles. The van der Waals surface area contributed by atoms with Crippen molar-refractivity contribution >= 4 is 38.4 Å². The van der Waals surface area contributed by atoms with Crippen LogP contribution < -0.4 is 15.3 Å². The van der Waals surface area contributed by atoms with Gasteiger partial charge in [0.25, 0.3) is 0 Å². The maximum absolute atomic E-state index is 12.2. The van der Waals surface area contributed by atoms with Gasteiger partial charge in [-0.05, 0) is 53.3 Å². The van der Waals surface area contributed by atoms with Gasteiger partial charge < -0.3 is 14.1 Å². The van der Waals surface area contributed by atoms with Crippen LogP contribution in [-0.2, 0) is 0 Å². The average molecular weight is 498 g/mol. The number of benzene rings is 3. The second-order valence-corrected chi connectivity index (χ2v) is 9.84. The van der Waals surface area contributed by atoms with Gasteiger partial charge in [0.05, 0.1) is 11.3 Å². The molecule has 7 heteroatoms. The van der Waals surface area contributed by atoms with E-state index in [0.717, 1.165) is 67.2 Å². The Bertz CT molecular complexity index is 1540. The van der Waals surface area contributed by atoms with Crippen LogP contribution in [0.15, 0.2) is 88.1 Å². The highest BCUT2D eigenvalue weighted by Crippen LogP contribution is 2.31. The van der Waals surface area contributed by atoms with Gasteiger partial charge in [0, 0.05) is 55.6 Å². The highest BCUT2D eigenvalue weighted by molar-refractivity contribution is 7.13. The third-order valence-electron chi connectivity index (χ3n) is 6.72. The van der Waals surface area contributed by atoms with Crippen molar-refractivity contribution in [2.45, 2.75) is 6.42 Å². The van der Waals surface area contributed by atoms with E-state index in [0.29, 0.717) is 12.2 Å². The molecule has 1 aliphatic heterocycles. The van der Waals surface area contributed by atoms with Gasteiger partial charge >= 0.3 is 5.63 Å². The van der Waals surface area contributed by atoms with Crippen LogP contribution in [0.25, 0.3) is 32.2 Å². The molecule has 1 saturated heterocycles. The number of aromatic nitrogens is 1.